The molecule has 3 nitrogen and oxygen atoms in total. The standard InChI is InChI=1S/C22H33NO2/c1-13(24)20-14(12-23)10-19-17-5-4-15-11-16(25)6-8-21(15,2)18(17)7-9-22(19,20)3/h14-20,25H,4-11H2,1-3H3/t14?,15?,16?,17-,18+,19+,20+,21+,22+/m1/s1. The van der Waals surface area contributed by atoms with E-state index in [1.54, 1.807) is 6.92 Å². The number of hydrogen-bond donors (Lipinski definition) is 1. The highest BCUT2D eigenvalue weighted by atomic mass is 16.3. The summed E-state index contributed by atoms with van der Waals surface area (Å²) in [7, 11) is 0. The van der Waals surface area contributed by atoms with Gasteiger partial charge in [-0.1, -0.05) is 13.8 Å². The molecule has 25 heavy (non-hydrogen) atoms. The summed E-state index contributed by atoms with van der Waals surface area (Å²) in [5, 5.41) is 19.8. The molecular formula is C22H33NO2. The number of carbonyl (C=O) groups excluding carboxylic acids is 1. The largest absolute Gasteiger partial charge is 0.393 e. The van der Waals surface area contributed by atoms with Gasteiger partial charge in [-0.25, -0.2) is 0 Å². The van der Waals surface area contributed by atoms with Crippen molar-refractivity contribution in [2.24, 2.45) is 46.3 Å². The molecule has 0 spiro atoms. The maximum Gasteiger partial charge on any atom is 0.134 e. The summed E-state index contributed by atoms with van der Waals surface area (Å²) in [6.45, 7) is 6.51. The summed E-state index contributed by atoms with van der Waals surface area (Å²) in [6.07, 6.45) is 8.70. The minimum Gasteiger partial charge on any atom is -0.393 e. The van der Waals surface area contributed by atoms with E-state index in [4.69, 9.17) is 0 Å². The minimum atomic E-state index is -0.0972. The lowest BCUT2D eigenvalue weighted by Crippen LogP contribution is -2.54. The van der Waals surface area contributed by atoms with E-state index in [2.05, 4.69) is 19.9 Å². The number of nitriles is 1. The summed E-state index contributed by atoms with van der Waals surface area (Å²) < 4.78 is 0. The molecule has 0 aromatic carbocycles. The Hall–Kier alpha value is -0.880. The second-order valence-electron chi connectivity index (χ2n) is 10.2. The highest BCUT2D eigenvalue weighted by Crippen LogP contribution is 2.68. The molecule has 4 fully saturated rings. The minimum absolute atomic E-state index is 0.0325. The van der Waals surface area contributed by atoms with Crippen LogP contribution in [-0.4, -0.2) is 17.0 Å². The van der Waals surface area contributed by atoms with Gasteiger partial charge in [-0.3, -0.25) is 4.79 Å². The molecular weight excluding hydrogens is 310 g/mol. The van der Waals surface area contributed by atoms with Crippen LogP contribution < -0.4 is 0 Å². The third-order valence-corrected chi connectivity index (χ3v) is 9.30. The SMILES string of the molecule is CC(=O)[C@H]1C(C#N)C[C@H]2[C@@H]3CCC4CC(O)CC[C@]4(C)[C@H]3CC[C@]12C. The molecule has 0 radical (unpaired) electrons. The van der Waals surface area contributed by atoms with Crippen LogP contribution in [0.25, 0.3) is 0 Å². The van der Waals surface area contributed by atoms with Gasteiger partial charge in [-0.15, -0.1) is 0 Å². The molecule has 0 aromatic heterocycles. The highest BCUT2D eigenvalue weighted by Gasteiger charge is 2.63. The number of aliphatic hydroxyl groups is 1. The number of rotatable bonds is 1. The van der Waals surface area contributed by atoms with Crippen LogP contribution in [0.4, 0.5) is 0 Å². The molecule has 0 amide bonds. The van der Waals surface area contributed by atoms with Gasteiger partial charge in [0, 0.05) is 5.92 Å². The average molecular weight is 344 g/mol. The van der Waals surface area contributed by atoms with Gasteiger partial charge in [-0.2, -0.15) is 5.26 Å². The summed E-state index contributed by atoms with van der Waals surface area (Å²) >= 11 is 0. The first-order valence-corrected chi connectivity index (χ1v) is 10.4. The molecule has 4 aliphatic carbocycles. The Morgan fingerprint density at radius 1 is 1.04 bits per heavy atom. The van der Waals surface area contributed by atoms with E-state index in [0.29, 0.717) is 23.2 Å². The van der Waals surface area contributed by atoms with Gasteiger partial charge in [0.05, 0.1) is 18.1 Å². The van der Waals surface area contributed by atoms with E-state index in [1.807, 2.05) is 0 Å². The molecule has 138 valence electrons. The zero-order valence-electron chi connectivity index (χ0n) is 16.0. The molecule has 0 saturated heterocycles. The van der Waals surface area contributed by atoms with E-state index in [9.17, 15) is 15.2 Å². The molecule has 3 unspecified atom stereocenters. The number of ketones is 1. The van der Waals surface area contributed by atoms with Crippen LogP contribution in [0.3, 0.4) is 0 Å². The Bertz CT molecular complexity index is 610. The first kappa shape index (κ1) is 17.5. The molecule has 3 heteroatoms. The van der Waals surface area contributed by atoms with Crippen LogP contribution in [0, 0.1) is 57.7 Å². The fourth-order valence-corrected chi connectivity index (χ4v) is 8.16. The van der Waals surface area contributed by atoms with Crippen LogP contribution in [-0.2, 0) is 4.79 Å². The maximum absolute atomic E-state index is 12.4. The number of fused-ring (bicyclic) bond motifs is 5. The predicted molar refractivity (Wildman–Crippen MR) is 96.4 cm³/mol. The van der Waals surface area contributed by atoms with Crippen LogP contribution in [0.2, 0.25) is 0 Å². The van der Waals surface area contributed by atoms with E-state index in [0.717, 1.165) is 38.0 Å². The Morgan fingerprint density at radius 2 is 1.76 bits per heavy atom. The van der Waals surface area contributed by atoms with Gasteiger partial charge in [-0.05, 0) is 92.8 Å². The Balaban J connectivity index is 1.66. The molecule has 0 aromatic rings. The number of carbonyl (C=O) groups is 1. The Kier molecular flexibility index (Phi) is 4.07. The van der Waals surface area contributed by atoms with Crippen LogP contribution in [0.5, 0.6) is 0 Å². The molecule has 9 atom stereocenters. The van der Waals surface area contributed by atoms with Crippen molar-refractivity contribution in [1.29, 1.82) is 5.26 Å². The number of nitrogens with zero attached hydrogens (tertiary/aromatic N) is 1. The fourth-order valence-electron chi connectivity index (χ4n) is 8.16. The van der Waals surface area contributed by atoms with Crippen molar-refractivity contribution >= 4 is 5.78 Å². The second-order valence-corrected chi connectivity index (χ2v) is 10.2. The first-order valence-electron chi connectivity index (χ1n) is 10.4. The lowest BCUT2D eigenvalue weighted by atomic mass is 9.44. The monoisotopic (exact) mass is 343 g/mol. The van der Waals surface area contributed by atoms with Gasteiger partial charge in [0.1, 0.15) is 5.78 Å². The van der Waals surface area contributed by atoms with Crippen molar-refractivity contribution < 1.29 is 9.90 Å². The van der Waals surface area contributed by atoms with Crippen molar-refractivity contribution in [2.45, 2.75) is 78.2 Å². The topological polar surface area (TPSA) is 61.1 Å². The van der Waals surface area contributed by atoms with Gasteiger partial charge in [0.2, 0.25) is 0 Å². The zero-order valence-corrected chi connectivity index (χ0v) is 16.0. The quantitative estimate of drug-likeness (QED) is 0.770. The molecule has 0 aliphatic heterocycles. The summed E-state index contributed by atoms with van der Waals surface area (Å²) in [5.74, 6) is 2.70. The number of Topliss-reactive ketones (excluding diaryl/α,β-unsaturated/α-hetero) is 1. The summed E-state index contributed by atoms with van der Waals surface area (Å²) in [5.41, 5.74) is 0.394. The van der Waals surface area contributed by atoms with Gasteiger partial charge in [0.25, 0.3) is 0 Å². The molecule has 4 saturated carbocycles. The lowest BCUT2D eigenvalue weighted by Gasteiger charge is -2.60. The normalized spacial score (nSPS) is 54.8. The van der Waals surface area contributed by atoms with Crippen molar-refractivity contribution in [2.75, 3.05) is 0 Å². The number of hydrogen-bond acceptors (Lipinski definition) is 3. The van der Waals surface area contributed by atoms with E-state index in [-0.39, 0.29) is 29.1 Å². The van der Waals surface area contributed by atoms with E-state index < -0.39 is 0 Å². The van der Waals surface area contributed by atoms with Gasteiger partial charge < -0.3 is 5.11 Å². The van der Waals surface area contributed by atoms with Crippen molar-refractivity contribution in [3.63, 3.8) is 0 Å². The van der Waals surface area contributed by atoms with Crippen LogP contribution in [0.15, 0.2) is 0 Å². The summed E-state index contributed by atoms with van der Waals surface area (Å²) in [6, 6.07) is 2.49. The Labute approximate surface area is 152 Å². The molecule has 1 N–H and O–H groups in total. The van der Waals surface area contributed by atoms with Crippen molar-refractivity contribution in [1.82, 2.24) is 0 Å². The van der Waals surface area contributed by atoms with Crippen LogP contribution >= 0.6 is 0 Å². The van der Waals surface area contributed by atoms with Crippen molar-refractivity contribution in [3.05, 3.63) is 0 Å². The average Bonchev–Trinajstić information content (AvgIpc) is 2.88. The summed E-state index contributed by atoms with van der Waals surface area (Å²) in [4.78, 5) is 12.4. The maximum atomic E-state index is 12.4. The smallest absolute Gasteiger partial charge is 0.134 e. The van der Waals surface area contributed by atoms with E-state index >= 15 is 0 Å². The molecule has 0 heterocycles. The molecule has 4 aliphatic rings. The molecule has 0 bridgehead atoms. The van der Waals surface area contributed by atoms with E-state index in [1.165, 1.54) is 19.3 Å². The number of aliphatic hydroxyl groups excluding tert-OH is 1. The third-order valence-electron chi connectivity index (χ3n) is 9.30. The van der Waals surface area contributed by atoms with Gasteiger partial charge >= 0.3 is 0 Å². The van der Waals surface area contributed by atoms with Crippen LogP contribution in [0.1, 0.15) is 72.1 Å². The molecule has 4 rings (SSSR count). The predicted octanol–water partition coefficient (Wildman–Crippen LogP) is 4.34. The highest BCUT2D eigenvalue weighted by molar-refractivity contribution is 5.80. The third kappa shape index (κ3) is 2.36. The van der Waals surface area contributed by atoms with Crippen molar-refractivity contribution in [3.8, 4) is 6.07 Å². The lowest BCUT2D eigenvalue weighted by molar-refractivity contribution is -0.138. The first-order chi connectivity index (χ1) is 11.8. The second kappa shape index (κ2) is 5.81. The zero-order chi connectivity index (χ0) is 18.0. The van der Waals surface area contributed by atoms with Gasteiger partial charge in [0.15, 0.2) is 0 Å². The Morgan fingerprint density at radius 3 is 2.44 bits per heavy atom. The fraction of sp³-hybridized carbons (Fsp3) is 0.909.